The molecule has 4 N–H and O–H groups in total. The Morgan fingerprint density at radius 3 is 2.29 bits per heavy atom. The maximum atomic E-state index is 13.4. The molecule has 1 saturated heterocycles. The van der Waals surface area contributed by atoms with Crippen molar-refractivity contribution in [3.8, 4) is 5.75 Å². The Hall–Kier alpha value is -5.05. The minimum atomic E-state index is -5.19. The quantitative estimate of drug-likeness (QED) is 0.229. The minimum Gasteiger partial charge on any atom is -0.542 e. The third-order valence-corrected chi connectivity index (χ3v) is 6.76. The van der Waals surface area contributed by atoms with Crippen LogP contribution in [0.2, 0.25) is 0 Å². The van der Waals surface area contributed by atoms with Crippen molar-refractivity contribution in [3.63, 3.8) is 0 Å². The molecule has 0 bridgehead atoms. The van der Waals surface area contributed by atoms with Crippen molar-refractivity contribution in [1.82, 2.24) is 9.88 Å². The van der Waals surface area contributed by atoms with Crippen LogP contribution in [0.5, 0.6) is 5.75 Å². The number of aliphatic carboxylic acids is 1. The van der Waals surface area contributed by atoms with Gasteiger partial charge < -0.3 is 39.9 Å². The van der Waals surface area contributed by atoms with E-state index in [0.29, 0.717) is 59.9 Å². The van der Waals surface area contributed by atoms with Crippen LogP contribution in [-0.2, 0) is 22.5 Å². The van der Waals surface area contributed by atoms with E-state index in [9.17, 15) is 27.6 Å². The van der Waals surface area contributed by atoms with Crippen molar-refractivity contribution in [2.75, 3.05) is 44.1 Å². The first-order valence-corrected chi connectivity index (χ1v) is 13.9. The van der Waals surface area contributed by atoms with Crippen molar-refractivity contribution in [2.24, 2.45) is 0 Å². The number of H-pyrrole nitrogens is 1. The number of anilines is 2. The van der Waals surface area contributed by atoms with Crippen molar-refractivity contribution in [1.29, 1.82) is 0 Å². The van der Waals surface area contributed by atoms with Crippen LogP contribution >= 0.6 is 0 Å². The van der Waals surface area contributed by atoms with E-state index in [1.165, 1.54) is 0 Å². The highest BCUT2D eigenvalue weighted by Gasteiger charge is 2.30. The first-order chi connectivity index (χ1) is 21.3. The zero-order valence-electron chi connectivity index (χ0n) is 25.1. The summed E-state index contributed by atoms with van der Waals surface area (Å²) in [5, 5.41) is 13.7. The lowest BCUT2D eigenvalue weighted by molar-refractivity contribution is -0.589. The van der Waals surface area contributed by atoms with Gasteiger partial charge in [0.15, 0.2) is 0 Å². The van der Waals surface area contributed by atoms with E-state index in [0.717, 1.165) is 11.4 Å². The summed E-state index contributed by atoms with van der Waals surface area (Å²) in [5.41, 5.74) is 4.14. The summed E-state index contributed by atoms with van der Waals surface area (Å²) in [6.07, 6.45) is -4.73. The lowest BCUT2D eigenvalue weighted by Crippen LogP contribution is -2.76. The van der Waals surface area contributed by atoms with Gasteiger partial charge in [-0.3, -0.25) is 9.69 Å². The molecule has 15 heteroatoms. The van der Waals surface area contributed by atoms with Gasteiger partial charge in [0.05, 0.1) is 25.0 Å². The van der Waals surface area contributed by atoms with Crippen LogP contribution in [0.25, 0.3) is 0 Å². The van der Waals surface area contributed by atoms with Crippen LogP contribution in [0.4, 0.5) is 35.0 Å². The molecule has 0 radical (unpaired) electrons. The Bertz CT molecular complexity index is 1520. The smallest absolute Gasteiger partial charge is 0.430 e. The summed E-state index contributed by atoms with van der Waals surface area (Å²) in [5.74, 6) is -3.08. The number of likely N-dealkylation sites (N-methyl/N-ethyl adjacent to an activating group) is 1. The molecule has 12 nitrogen and oxygen atoms in total. The zero-order valence-corrected chi connectivity index (χ0v) is 25.1. The number of nitrogens with zero attached hydrogens (tertiary/aromatic N) is 2. The molecule has 3 aromatic rings. The number of carboxylic acids is 1. The molecule has 2 aromatic carbocycles. The highest BCUT2D eigenvalue weighted by atomic mass is 19.4. The number of rotatable bonds is 10. The Kier molecular flexibility index (Phi) is 11.6. The highest BCUT2D eigenvalue weighted by molar-refractivity contribution is 6.07. The van der Waals surface area contributed by atoms with Crippen LogP contribution < -0.4 is 25.4 Å². The lowest BCUT2D eigenvalue weighted by atomic mass is 10.1. The second kappa shape index (κ2) is 15.1. The monoisotopic (exact) mass is 633 g/mol. The number of methoxy groups -OCH3 is 1. The molecule has 242 valence electrons. The number of esters is 1. The summed E-state index contributed by atoms with van der Waals surface area (Å²) in [6, 6.07) is 14.7. The molecule has 0 unspecified atom stereocenters. The Morgan fingerprint density at radius 1 is 1.09 bits per heavy atom. The number of quaternary nitrogens is 1. The van der Waals surface area contributed by atoms with Gasteiger partial charge in [-0.2, -0.15) is 13.2 Å². The van der Waals surface area contributed by atoms with E-state index in [-0.39, 0.29) is 18.5 Å². The van der Waals surface area contributed by atoms with E-state index >= 15 is 0 Å². The van der Waals surface area contributed by atoms with Crippen LogP contribution in [0.15, 0.2) is 48.5 Å². The number of aromatic amines is 1. The molecule has 0 aliphatic carbocycles. The van der Waals surface area contributed by atoms with Crippen molar-refractivity contribution < 1.29 is 52.2 Å². The number of carboxylic acid groups (broad SMARTS) is 1. The Balaban J connectivity index is 0.000000707. The standard InChI is InChI=1S/C28H33N5O5.C2HF3O2/c1-5-22-24(27(35)38-6-2)23(17-29-18-10-12-21(37-4)13-11-18)31-25(22)26(34)30-19-8-7-9-20(16-19)33-15-14-32(3)28(33)36;3-2(4,5)1(6)7/h7-13,16,29,31H,5-6,14-15,17H2,1-4H3,(H,30,34);(H,6,7). The molecule has 1 aliphatic heterocycles. The maximum Gasteiger partial charge on any atom is 0.430 e. The van der Waals surface area contributed by atoms with Crippen molar-refractivity contribution in [3.05, 3.63) is 71.0 Å². The first kappa shape index (κ1) is 34.4. The van der Waals surface area contributed by atoms with Crippen LogP contribution in [-0.4, -0.2) is 73.8 Å². The largest absolute Gasteiger partial charge is 0.542 e. The first-order valence-electron chi connectivity index (χ1n) is 13.9. The summed E-state index contributed by atoms with van der Waals surface area (Å²) >= 11 is 0. The number of hydrogen-bond donors (Lipinski definition) is 3. The van der Waals surface area contributed by atoms with Crippen molar-refractivity contribution >= 4 is 40.9 Å². The number of ether oxygens (including phenoxy) is 2. The fourth-order valence-electron chi connectivity index (χ4n) is 4.54. The van der Waals surface area contributed by atoms with Gasteiger partial charge in [-0.25, -0.2) is 9.59 Å². The summed E-state index contributed by atoms with van der Waals surface area (Å²) in [6.45, 7) is 5.51. The van der Waals surface area contributed by atoms with Gasteiger partial charge in [0.1, 0.15) is 29.6 Å². The molecular weight excluding hydrogens is 599 g/mol. The van der Waals surface area contributed by atoms with Gasteiger partial charge in [-0.05, 0) is 49.2 Å². The molecular formula is C30H34F3N5O7. The van der Waals surface area contributed by atoms with Gasteiger partial charge >= 0.3 is 18.2 Å². The maximum absolute atomic E-state index is 13.4. The number of aromatic nitrogens is 1. The van der Waals surface area contributed by atoms with Crippen LogP contribution in [0.1, 0.15) is 46.0 Å². The molecule has 45 heavy (non-hydrogen) atoms. The number of benzene rings is 2. The molecule has 0 saturated carbocycles. The summed E-state index contributed by atoms with van der Waals surface area (Å²) in [4.78, 5) is 54.1. The van der Waals surface area contributed by atoms with E-state index in [2.05, 4.69) is 10.3 Å². The molecule has 1 aliphatic rings. The Morgan fingerprint density at radius 2 is 1.76 bits per heavy atom. The molecule has 3 amide bonds. The topological polar surface area (TPSA) is 161 Å². The summed E-state index contributed by atoms with van der Waals surface area (Å²) < 4.78 is 42.1. The number of halogens is 3. The number of nitrogens with two attached hydrogens (primary N) is 1. The van der Waals surface area contributed by atoms with Gasteiger partial charge in [-0.15, -0.1) is 0 Å². The predicted octanol–water partition coefficient (Wildman–Crippen LogP) is 2.58. The number of carbonyl (C=O) groups excluding carboxylic acids is 4. The van der Waals surface area contributed by atoms with Gasteiger partial charge in [0.2, 0.25) is 0 Å². The fraction of sp³-hybridized carbons (Fsp3) is 0.333. The van der Waals surface area contributed by atoms with Gasteiger partial charge in [0, 0.05) is 43.6 Å². The van der Waals surface area contributed by atoms with Crippen LogP contribution in [0, 0.1) is 0 Å². The molecule has 1 fully saturated rings. The minimum absolute atomic E-state index is 0.0806. The second-order valence-corrected chi connectivity index (χ2v) is 9.73. The average molecular weight is 634 g/mol. The summed E-state index contributed by atoms with van der Waals surface area (Å²) in [7, 11) is 3.37. The third-order valence-electron chi connectivity index (χ3n) is 6.76. The highest BCUT2D eigenvalue weighted by Crippen LogP contribution is 2.26. The van der Waals surface area contributed by atoms with E-state index in [1.54, 1.807) is 49.1 Å². The molecule has 4 rings (SSSR count). The number of urea groups is 1. The van der Waals surface area contributed by atoms with Gasteiger partial charge in [0.25, 0.3) is 5.91 Å². The lowest BCUT2D eigenvalue weighted by Gasteiger charge is -2.17. The normalized spacial score (nSPS) is 12.8. The zero-order chi connectivity index (χ0) is 33.3. The number of amides is 3. The Labute approximate surface area is 257 Å². The average Bonchev–Trinajstić information content (AvgIpc) is 3.55. The number of nitrogens with one attached hydrogen (secondary N) is 2. The SMILES string of the molecule is CCOC(=O)c1c(C[NH2+]c2ccc(OC)cc2)[nH]c(C(=O)Nc2cccc(N3CCN(C)C3=O)c2)c1CC.O=C([O-])C(F)(F)F. The number of hydrogen-bond acceptors (Lipinski definition) is 7. The van der Waals surface area contributed by atoms with Crippen molar-refractivity contribution in [2.45, 2.75) is 33.0 Å². The second-order valence-electron chi connectivity index (χ2n) is 9.73. The molecule has 1 aromatic heterocycles. The molecule has 0 atom stereocenters. The third kappa shape index (κ3) is 8.75. The number of carbonyl (C=O) groups is 4. The predicted molar refractivity (Wildman–Crippen MR) is 155 cm³/mol. The van der Waals surface area contributed by atoms with E-state index < -0.39 is 18.1 Å². The fourth-order valence-corrected chi connectivity index (χ4v) is 4.54. The van der Waals surface area contributed by atoms with Gasteiger partial charge in [-0.1, -0.05) is 13.0 Å². The number of alkyl halides is 3. The van der Waals surface area contributed by atoms with Crippen LogP contribution in [0.3, 0.4) is 0 Å². The van der Waals surface area contributed by atoms with E-state index in [4.69, 9.17) is 19.4 Å². The van der Waals surface area contributed by atoms with E-state index in [1.807, 2.05) is 42.6 Å². The molecule has 2 heterocycles. The molecule has 0 spiro atoms.